The van der Waals surface area contributed by atoms with Crippen LogP contribution in [0.1, 0.15) is 40.0 Å². The van der Waals surface area contributed by atoms with Crippen molar-refractivity contribution in [2.24, 2.45) is 5.73 Å². The summed E-state index contributed by atoms with van der Waals surface area (Å²) >= 11 is 5.84. The molecule has 2 aromatic rings. The third kappa shape index (κ3) is 4.97. The van der Waals surface area contributed by atoms with E-state index in [0.717, 1.165) is 5.56 Å². The SMILES string of the molecule is Cc1ccc([C@@H](C)NC(=O)COc2ccc(Cl)cc2C(N)=O)cc1C. The minimum absolute atomic E-state index is 0.141. The van der Waals surface area contributed by atoms with Gasteiger partial charge in [0.25, 0.3) is 11.8 Å². The van der Waals surface area contributed by atoms with E-state index in [1.807, 2.05) is 39.0 Å². The zero-order valence-corrected chi connectivity index (χ0v) is 15.2. The van der Waals surface area contributed by atoms with Crippen molar-refractivity contribution in [3.63, 3.8) is 0 Å². The fourth-order valence-electron chi connectivity index (χ4n) is 2.36. The second-order valence-corrected chi connectivity index (χ2v) is 6.36. The lowest BCUT2D eigenvalue weighted by Crippen LogP contribution is -2.31. The van der Waals surface area contributed by atoms with E-state index in [4.69, 9.17) is 22.1 Å². The standard InChI is InChI=1S/C19H21ClN2O3/c1-11-4-5-14(8-12(11)2)13(3)22-18(23)10-25-17-7-6-15(20)9-16(17)19(21)24/h4-9,13H,10H2,1-3H3,(H2,21,24)(H,22,23)/t13-/m1/s1. The normalized spacial score (nSPS) is 11.7. The number of benzene rings is 2. The molecule has 0 spiro atoms. The molecule has 1 atom stereocenters. The van der Waals surface area contributed by atoms with Crippen molar-refractivity contribution in [1.29, 1.82) is 0 Å². The van der Waals surface area contributed by atoms with E-state index in [1.54, 1.807) is 6.07 Å². The van der Waals surface area contributed by atoms with Gasteiger partial charge in [-0.05, 0) is 55.7 Å². The first-order chi connectivity index (χ1) is 11.8. The van der Waals surface area contributed by atoms with Gasteiger partial charge < -0.3 is 15.8 Å². The number of halogens is 1. The van der Waals surface area contributed by atoms with E-state index in [9.17, 15) is 9.59 Å². The highest BCUT2D eigenvalue weighted by Crippen LogP contribution is 2.22. The fraction of sp³-hybridized carbons (Fsp3) is 0.263. The topological polar surface area (TPSA) is 81.4 Å². The maximum absolute atomic E-state index is 12.1. The molecule has 0 saturated carbocycles. The Labute approximate surface area is 152 Å². The molecule has 0 fully saturated rings. The van der Waals surface area contributed by atoms with Crippen molar-refractivity contribution in [2.45, 2.75) is 26.8 Å². The number of amides is 2. The predicted octanol–water partition coefficient (Wildman–Crippen LogP) is 3.31. The van der Waals surface area contributed by atoms with Crippen molar-refractivity contribution in [3.8, 4) is 5.75 Å². The van der Waals surface area contributed by atoms with E-state index in [-0.39, 0.29) is 29.9 Å². The van der Waals surface area contributed by atoms with Gasteiger partial charge in [0, 0.05) is 5.02 Å². The molecule has 0 heterocycles. The first-order valence-electron chi connectivity index (χ1n) is 7.86. The van der Waals surface area contributed by atoms with E-state index < -0.39 is 5.91 Å². The third-order valence-electron chi connectivity index (χ3n) is 3.97. The van der Waals surface area contributed by atoms with Crippen LogP contribution in [-0.2, 0) is 4.79 Å². The molecule has 2 aromatic carbocycles. The summed E-state index contributed by atoms with van der Waals surface area (Å²) in [5, 5.41) is 3.24. The summed E-state index contributed by atoms with van der Waals surface area (Å²) in [5.74, 6) is -0.733. The van der Waals surface area contributed by atoms with Gasteiger partial charge in [0.05, 0.1) is 11.6 Å². The lowest BCUT2D eigenvalue weighted by molar-refractivity contribution is -0.123. The molecule has 0 radical (unpaired) electrons. The Bertz CT molecular complexity index is 805. The van der Waals surface area contributed by atoms with E-state index in [2.05, 4.69) is 5.32 Å². The van der Waals surface area contributed by atoms with Gasteiger partial charge in [0.15, 0.2) is 6.61 Å². The van der Waals surface area contributed by atoms with Gasteiger partial charge in [0.1, 0.15) is 5.75 Å². The quantitative estimate of drug-likeness (QED) is 0.829. The highest BCUT2D eigenvalue weighted by molar-refractivity contribution is 6.31. The van der Waals surface area contributed by atoms with Crippen LogP contribution in [0.2, 0.25) is 5.02 Å². The largest absolute Gasteiger partial charge is 0.483 e. The molecular weight excluding hydrogens is 340 g/mol. The summed E-state index contributed by atoms with van der Waals surface area (Å²) in [7, 11) is 0. The molecule has 6 heteroatoms. The van der Waals surface area contributed by atoms with Crippen LogP contribution in [0.4, 0.5) is 0 Å². The van der Waals surface area contributed by atoms with E-state index in [0.29, 0.717) is 5.02 Å². The average molecular weight is 361 g/mol. The number of hydrogen-bond donors (Lipinski definition) is 2. The number of carbonyl (C=O) groups excluding carboxylic acids is 2. The average Bonchev–Trinajstić information content (AvgIpc) is 2.55. The molecule has 25 heavy (non-hydrogen) atoms. The van der Waals surface area contributed by atoms with Gasteiger partial charge in [-0.25, -0.2) is 0 Å². The molecule has 0 saturated heterocycles. The van der Waals surface area contributed by atoms with Crippen LogP contribution >= 0.6 is 11.6 Å². The molecule has 132 valence electrons. The molecule has 2 amide bonds. The minimum Gasteiger partial charge on any atom is -0.483 e. The Kier molecular flexibility index (Phi) is 6.04. The molecule has 3 N–H and O–H groups in total. The van der Waals surface area contributed by atoms with Gasteiger partial charge in [-0.15, -0.1) is 0 Å². The highest BCUT2D eigenvalue weighted by Gasteiger charge is 2.14. The summed E-state index contributed by atoms with van der Waals surface area (Å²) in [5.41, 5.74) is 8.82. The van der Waals surface area contributed by atoms with Crippen LogP contribution in [0.15, 0.2) is 36.4 Å². The summed E-state index contributed by atoms with van der Waals surface area (Å²) in [6.07, 6.45) is 0. The van der Waals surface area contributed by atoms with Crippen molar-refractivity contribution in [1.82, 2.24) is 5.32 Å². The number of aryl methyl sites for hydroxylation is 2. The predicted molar refractivity (Wildman–Crippen MR) is 97.9 cm³/mol. The Morgan fingerprint density at radius 1 is 1.16 bits per heavy atom. The number of rotatable bonds is 6. The summed E-state index contributed by atoms with van der Waals surface area (Å²) in [4.78, 5) is 23.5. The maximum Gasteiger partial charge on any atom is 0.258 e. The lowest BCUT2D eigenvalue weighted by atomic mass is 10.0. The number of nitrogens with two attached hydrogens (primary N) is 1. The van der Waals surface area contributed by atoms with Crippen LogP contribution in [0.25, 0.3) is 0 Å². The number of hydrogen-bond acceptors (Lipinski definition) is 3. The maximum atomic E-state index is 12.1. The van der Waals surface area contributed by atoms with Gasteiger partial charge in [-0.3, -0.25) is 9.59 Å². The number of primary amides is 1. The fourth-order valence-corrected chi connectivity index (χ4v) is 2.54. The molecule has 5 nitrogen and oxygen atoms in total. The Morgan fingerprint density at radius 2 is 1.88 bits per heavy atom. The molecule has 0 aliphatic carbocycles. The monoisotopic (exact) mass is 360 g/mol. The van der Waals surface area contributed by atoms with Gasteiger partial charge in [0.2, 0.25) is 0 Å². The Balaban J connectivity index is 1.99. The first-order valence-corrected chi connectivity index (χ1v) is 8.24. The summed E-state index contributed by atoms with van der Waals surface area (Å²) in [6.45, 7) is 5.75. The van der Waals surface area contributed by atoms with E-state index >= 15 is 0 Å². The van der Waals surface area contributed by atoms with Crippen LogP contribution in [0.5, 0.6) is 5.75 Å². The van der Waals surface area contributed by atoms with Crippen molar-refractivity contribution >= 4 is 23.4 Å². The van der Waals surface area contributed by atoms with Gasteiger partial charge in [-0.2, -0.15) is 0 Å². The smallest absolute Gasteiger partial charge is 0.258 e. The molecule has 2 rings (SSSR count). The van der Waals surface area contributed by atoms with Crippen LogP contribution in [-0.4, -0.2) is 18.4 Å². The summed E-state index contributed by atoms with van der Waals surface area (Å²) < 4.78 is 5.42. The third-order valence-corrected chi connectivity index (χ3v) is 4.21. The second kappa shape index (κ2) is 8.03. The van der Waals surface area contributed by atoms with Gasteiger partial charge in [-0.1, -0.05) is 29.8 Å². The molecular formula is C19H21ClN2O3. The van der Waals surface area contributed by atoms with Gasteiger partial charge >= 0.3 is 0 Å². The molecule has 0 aliphatic heterocycles. The molecule has 0 aliphatic rings. The molecule has 0 aromatic heterocycles. The van der Waals surface area contributed by atoms with Crippen molar-refractivity contribution < 1.29 is 14.3 Å². The lowest BCUT2D eigenvalue weighted by Gasteiger charge is -2.16. The highest BCUT2D eigenvalue weighted by atomic mass is 35.5. The number of ether oxygens (including phenoxy) is 1. The Hall–Kier alpha value is -2.53. The zero-order valence-electron chi connectivity index (χ0n) is 14.4. The van der Waals surface area contributed by atoms with Crippen molar-refractivity contribution in [2.75, 3.05) is 6.61 Å². The first kappa shape index (κ1) is 18.8. The number of carbonyl (C=O) groups is 2. The number of nitrogens with one attached hydrogen (secondary N) is 1. The Morgan fingerprint density at radius 3 is 2.52 bits per heavy atom. The van der Waals surface area contributed by atoms with Crippen LogP contribution in [0, 0.1) is 13.8 Å². The molecule has 0 unspecified atom stereocenters. The van der Waals surface area contributed by atoms with Crippen LogP contribution < -0.4 is 15.8 Å². The van der Waals surface area contributed by atoms with Crippen molar-refractivity contribution in [3.05, 3.63) is 63.7 Å². The van der Waals surface area contributed by atoms with E-state index in [1.165, 1.54) is 23.3 Å². The second-order valence-electron chi connectivity index (χ2n) is 5.93. The minimum atomic E-state index is -0.665. The summed E-state index contributed by atoms with van der Waals surface area (Å²) in [6, 6.07) is 10.4. The molecule has 0 bridgehead atoms. The van der Waals surface area contributed by atoms with Crippen LogP contribution in [0.3, 0.4) is 0 Å². The zero-order chi connectivity index (χ0) is 18.6.